The van der Waals surface area contributed by atoms with Crippen LogP contribution in [0.2, 0.25) is 0 Å². The molecule has 0 saturated carbocycles. The Bertz CT molecular complexity index is 634. The van der Waals surface area contributed by atoms with Crippen LogP contribution in [0.25, 0.3) is 0 Å². The molecule has 0 spiro atoms. The first kappa shape index (κ1) is 14.5. The van der Waals surface area contributed by atoms with E-state index in [1.807, 2.05) is 6.07 Å². The molecular formula is C14H10BrF2NO2. The fourth-order valence-electron chi connectivity index (χ4n) is 1.48. The van der Waals surface area contributed by atoms with Gasteiger partial charge in [-0.3, -0.25) is 4.79 Å². The molecule has 0 bridgehead atoms. The van der Waals surface area contributed by atoms with Crippen molar-refractivity contribution in [2.24, 2.45) is 0 Å². The van der Waals surface area contributed by atoms with E-state index in [4.69, 9.17) is 4.74 Å². The monoisotopic (exact) mass is 341 g/mol. The zero-order chi connectivity index (χ0) is 14.5. The molecule has 0 saturated heterocycles. The number of anilines is 1. The summed E-state index contributed by atoms with van der Waals surface area (Å²) in [4.78, 5) is 11.6. The number of rotatable bonds is 4. The average Bonchev–Trinajstić information content (AvgIpc) is 2.40. The van der Waals surface area contributed by atoms with Crippen molar-refractivity contribution >= 4 is 27.5 Å². The van der Waals surface area contributed by atoms with Gasteiger partial charge in [-0.1, -0.05) is 22.0 Å². The Kier molecular flexibility index (Phi) is 4.68. The lowest BCUT2D eigenvalue weighted by atomic mass is 10.3. The van der Waals surface area contributed by atoms with Crippen LogP contribution in [0, 0.1) is 11.6 Å². The molecule has 20 heavy (non-hydrogen) atoms. The largest absolute Gasteiger partial charge is 0.484 e. The van der Waals surface area contributed by atoms with E-state index in [1.165, 1.54) is 6.07 Å². The summed E-state index contributed by atoms with van der Waals surface area (Å²) < 4.78 is 31.5. The molecule has 0 aliphatic rings. The lowest BCUT2D eigenvalue weighted by Crippen LogP contribution is -2.20. The number of carbonyl (C=O) groups excluding carboxylic acids is 1. The van der Waals surface area contributed by atoms with Crippen LogP contribution in [0.15, 0.2) is 46.9 Å². The number of benzene rings is 2. The third-order valence-corrected chi connectivity index (χ3v) is 2.86. The van der Waals surface area contributed by atoms with Crippen LogP contribution < -0.4 is 10.1 Å². The van der Waals surface area contributed by atoms with Crippen molar-refractivity contribution in [1.82, 2.24) is 0 Å². The van der Waals surface area contributed by atoms with Crippen molar-refractivity contribution in [3.8, 4) is 5.75 Å². The van der Waals surface area contributed by atoms with E-state index in [2.05, 4.69) is 21.2 Å². The van der Waals surface area contributed by atoms with E-state index in [9.17, 15) is 13.6 Å². The second-order valence-corrected chi connectivity index (χ2v) is 4.84. The van der Waals surface area contributed by atoms with Gasteiger partial charge in [-0.2, -0.15) is 0 Å². The fraction of sp³-hybridized carbons (Fsp3) is 0.0714. The maximum absolute atomic E-state index is 12.9. The highest BCUT2D eigenvalue weighted by Gasteiger charge is 2.06. The number of hydrogen-bond acceptors (Lipinski definition) is 2. The number of carbonyl (C=O) groups is 1. The van der Waals surface area contributed by atoms with Gasteiger partial charge in [-0.05, 0) is 30.3 Å². The van der Waals surface area contributed by atoms with Gasteiger partial charge in [0.25, 0.3) is 5.91 Å². The van der Waals surface area contributed by atoms with E-state index in [0.717, 1.165) is 16.6 Å². The smallest absolute Gasteiger partial charge is 0.262 e. The molecule has 0 aromatic heterocycles. The van der Waals surface area contributed by atoms with E-state index >= 15 is 0 Å². The maximum atomic E-state index is 12.9. The highest BCUT2D eigenvalue weighted by atomic mass is 79.9. The lowest BCUT2D eigenvalue weighted by Gasteiger charge is -2.08. The van der Waals surface area contributed by atoms with E-state index in [1.54, 1.807) is 18.2 Å². The second kappa shape index (κ2) is 6.47. The van der Waals surface area contributed by atoms with Crippen LogP contribution in [-0.2, 0) is 4.79 Å². The molecule has 0 atom stereocenters. The van der Waals surface area contributed by atoms with E-state index in [-0.39, 0.29) is 12.4 Å². The van der Waals surface area contributed by atoms with Gasteiger partial charge in [0, 0.05) is 16.2 Å². The minimum Gasteiger partial charge on any atom is -0.484 e. The second-order valence-electron chi connectivity index (χ2n) is 3.92. The number of nitrogens with one attached hydrogen (secondary N) is 1. The standard InChI is InChI=1S/C14H10BrF2NO2/c15-9-2-1-3-10(6-9)18-14(19)8-20-11-4-5-12(16)13(17)7-11/h1-7H,8H2,(H,18,19). The molecule has 104 valence electrons. The van der Waals surface area contributed by atoms with Crippen LogP contribution >= 0.6 is 15.9 Å². The Morgan fingerprint density at radius 2 is 1.95 bits per heavy atom. The summed E-state index contributed by atoms with van der Waals surface area (Å²) in [7, 11) is 0. The van der Waals surface area contributed by atoms with Gasteiger partial charge in [0.15, 0.2) is 18.2 Å². The average molecular weight is 342 g/mol. The van der Waals surface area contributed by atoms with Gasteiger partial charge in [-0.15, -0.1) is 0 Å². The molecule has 0 aliphatic heterocycles. The first-order valence-electron chi connectivity index (χ1n) is 5.68. The zero-order valence-corrected chi connectivity index (χ0v) is 11.8. The van der Waals surface area contributed by atoms with Gasteiger partial charge in [-0.25, -0.2) is 8.78 Å². The van der Waals surface area contributed by atoms with Crippen LogP contribution in [0.5, 0.6) is 5.75 Å². The van der Waals surface area contributed by atoms with Crippen molar-refractivity contribution in [3.05, 3.63) is 58.6 Å². The van der Waals surface area contributed by atoms with Gasteiger partial charge in [0.1, 0.15) is 5.75 Å². The highest BCUT2D eigenvalue weighted by Crippen LogP contribution is 2.17. The van der Waals surface area contributed by atoms with Gasteiger partial charge < -0.3 is 10.1 Å². The Labute approximate surface area is 122 Å². The number of ether oxygens (including phenoxy) is 1. The van der Waals surface area contributed by atoms with Crippen molar-refractivity contribution in [3.63, 3.8) is 0 Å². The van der Waals surface area contributed by atoms with Crippen LogP contribution in [-0.4, -0.2) is 12.5 Å². The molecule has 1 N–H and O–H groups in total. The molecule has 0 radical (unpaired) electrons. The van der Waals surface area contributed by atoms with Gasteiger partial charge >= 0.3 is 0 Å². The summed E-state index contributed by atoms with van der Waals surface area (Å²) in [6.07, 6.45) is 0. The molecule has 2 rings (SSSR count). The van der Waals surface area contributed by atoms with Crippen molar-refractivity contribution in [2.75, 3.05) is 11.9 Å². The first-order chi connectivity index (χ1) is 9.54. The van der Waals surface area contributed by atoms with Crippen molar-refractivity contribution in [1.29, 1.82) is 0 Å². The van der Waals surface area contributed by atoms with Crippen LogP contribution in [0.3, 0.4) is 0 Å². The Balaban J connectivity index is 1.90. The summed E-state index contributed by atoms with van der Waals surface area (Å²) in [5.41, 5.74) is 0.610. The Hall–Kier alpha value is -1.95. The molecular weight excluding hydrogens is 332 g/mol. The van der Waals surface area contributed by atoms with Crippen molar-refractivity contribution < 1.29 is 18.3 Å². The number of hydrogen-bond donors (Lipinski definition) is 1. The predicted molar refractivity (Wildman–Crippen MR) is 74.6 cm³/mol. The van der Waals surface area contributed by atoms with Crippen LogP contribution in [0.1, 0.15) is 0 Å². The fourth-order valence-corrected chi connectivity index (χ4v) is 1.88. The molecule has 3 nitrogen and oxygen atoms in total. The van der Waals surface area contributed by atoms with Gasteiger partial charge in [0.2, 0.25) is 0 Å². The van der Waals surface area contributed by atoms with E-state index < -0.39 is 17.5 Å². The van der Waals surface area contributed by atoms with Crippen LogP contribution in [0.4, 0.5) is 14.5 Å². The van der Waals surface area contributed by atoms with E-state index in [0.29, 0.717) is 5.69 Å². The first-order valence-corrected chi connectivity index (χ1v) is 6.47. The highest BCUT2D eigenvalue weighted by molar-refractivity contribution is 9.10. The SMILES string of the molecule is O=C(COc1ccc(F)c(F)c1)Nc1cccc(Br)c1. The molecule has 2 aromatic carbocycles. The topological polar surface area (TPSA) is 38.3 Å². The molecule has 0 fully saturated rings. The maximum Gasteiger partial charge on any atom is 0.262 e. The summed E-state index contributed by atoms with van der Waals surface area (Å²) >= 11 is 3.28. The molecule has 0 unspecified atom stereocenters. The number of halogens is 3. The summed E-state index contributed by atoms with van der Waals surface area (Å²) in [5, 5.41) is 2.62. The molecule has 6 heteroatoms. The third-order valence-electron chi connectivity index (χ3n) is 2.37. The normalized spacial score (nSPS) is 10.2. The lowest BCUT2D eigenvalue weighted by molar-refractivity contribution is -0.118. The minimum absolute atomic E-state index is 0.0910. The number of amides is 1. The third kappa shape index (κ3) is 4.03. The molecule has 0 aliphatic carbocycles. The summed E-state index contributed by atoms with van der Waals surface area (Å²) in [5.74, 6) is -2.29. The Morgan fingerprint density at radius 3 is 2.65 bits per heavy atom. The summed E-state index contributed by atoms with van der Waals surface area (Å²) in [6.45, 7) is -0.294. The quantitative estimate of drug-likeness (QED) is 0.919. The van der Waals surface area contributed by atoms with Gasteiger partial charge in [0.05, 0.1) is 0 Å². The molecule has 0 heterocycles. The van der Waals surface area contributed by atoms with Crippen molar-refractivity contribution in [2.45, 2.75) is 0 Å². The molecule has 2 aromatic rings. The minimum atomic E-state index is -1.02. The Morgan fingerprint density at radius 1 is 1.15 bits per heavy atom. The molecule has 1 amide bonds. The predicted octanol–water partition coefficient (Wildman–Crippen LogP) is 3.74. The zero-order valence-electron chi connectivity index (χ0n) is 10.2. The summed E-state index contributed by atoms with van der Waals surface area (Å²) in [6, 6.07) is 10.1.